The Bertz CT molecular complexity index is 1270. The highest BCUT2D eigenvalue weighted by Gasteiger charge is 2.17. The molecule has 1 N–H and O–H groups in total. The molecule has 1 heterocycles. The number of nitro groups is 1. The molecule has 4 aromatic rings. The number of anilines is 1. The van der Waals surface area contributed by atoms with Crippen LogP contribution in [0.25, 0.3) is 22.6 Å². The van der Waals surface area contributed by atoms with Crippen molar-refractivity contribution in [2.24, 2.45) is 0 Å². The smallest absolute Gasteiger partial charge is 0.288 e. The summed E-state index contributed by atoms with van der Waals surface area (Å²) in [6.45, 7) is 0. The fourth-order valence-electron chi connectivity index (χ4n) is 2.75. The summed E-state index contributed by atoms with van der Waals surface area (Å²) in [6, 6.07) is 16.7. The summed E-state index contributed by atoms with van der Waals surface area (Å²) in [5.74, 6) is -0.0132. The van der Waals surface area contributed by atoms with E-state index in [0.717, 1.165) is 15.2 Å². The zero-order chi connectivity index (χ0) is 20.5. The van der Waals surface area contributed by atoms with E-state index in [0.29, 0.717) is 22.7 Å². The van der Waals surface area contributed by atoms with E-state index in [1.807, 2.05) is 24.3 Å². The number of oxazole rings is 1. The van der Waals surface area contributed by atoms with Gasteiger partial charge in [-0.05, 0) is 71.1 Å². The third-order valence-corrected chi connectivity index (χ3v) is 5.11. The van der Waals surface area contributed by atoms with Crippen LogP contribution in [0.3, 0.4) is 0 Å². The van der Waals surface area contributed by atoms with Gasteiger partial charge in [-0.15, -0.1) is 0 Å². The lowest BCUT2D eigenvalue weighted by molar-refractivity contribution is -0.384. The maximum Gasteiger partial charge on any atom is 0.288 e. The van der Waals surface area contributed by atoms with E-state index < -0.39 is 10.8 Å². The number of nitrogens with one attached hydrogen (secondary N) is 1. The van der Waals surface area contributed by atoms with Crippen LogP contribution < -0.4 is 5.32 Å². The Hall–Kier alpha value is -2.98. The summed E-state index contributed by atoms with van der Waals surface area (Å²) < 4.78 is 6.85. The average Bonchev–Trinajstić information content (AvgIpc) is 3.11. The SMILES string of the molecule is O=C(Nc1ccc2oc(-c3cccc(I)c3)nc2c1)c1ccc(Cl)c([N+](=O)[O-])c1. The van der Waals surface area contributed by atoms with Gasteiger partial charge in [0, 0.05) is 26.5 Å². The van der Waals surface area contributed by atoms with Gasteiger partial charge in [-0.1, -0.05) is 17.7 Å². The first-order valence-corrected chi connectivity index (χ1v) is 9.78. The number of nitrogens with zero attached hydrogens (tertiary/aromatic N) is 2. The number of halogens is 2. The number of carbonyl (C=O) groups excluding carboxylic acids is 1. The number of nitro benzene ring substituents is 1. The van der Waals surface area contributed by atoms with Crippen LogP contribution in [-0.4, -0.2) is 15.8 Å². The van der Waals surface area contributed by atoms with Crippen LogP contribution in [0.4, 0.5) is 11.4 Å². The average molecular weight is 520 g/mol. The number of hydrogen-bond acceptors (Lipinski definition) is 5. The highest BCUT2D eigenvalue weighted by molar-refractivity contribution is 14.1. The van der Waals surface area contributed by atoms with Crippen molar-refractivity contribution >= 4 is 62.6 Å². The molecule has 0 fully saturated rings. The minimum absolute atomic E-state index is 0.0290. The van der Waals surface area contributed by atoms with Gasteiger partial charge in [0.2, 0.25) is 5.89 Å². The van der Waals surface area contributed by atoms with Crippen molar-refractivity contribution in [3.63, 3.8) is 0 Å². The number of benzene rings is 3. The lowest BCUT2D eigenvalue weighted by Crippen LogP contribution is -2.12. The number of hydrogen-bond donors (Lipinski definition) is 1. The quantitative estimate of drug-likeness (QED) is 0.205. The van der Waals surface area contributed by atoms with Crippen LogP contribution in [0, 0.1) is 13.7 Å². The maximum absolute atomic E-state index is 12.5. The van der Waals surface area contributed by atoms with Crippen LogP contribution in [-0.2, 0) is 0 Å². The van der Waals surface area contributed by atoms with Gasteiger partial charge in [0.15, 0.2) is 5.58 Å². The Labute approximate surface area is 183 Å². The number of rotatable bonds is 4. The molecule has 0 saturated heterocycles. The Morgan fingerprint density at radius 3 is 2.72 bits per heavy atom. The van der Waals surface area contributed by atoms with Crippen LogP contribution in [0.2, 0.25) is 5.02 Å². The van der Waals surface area contributed by atoms with Gasteiger partial charge in [-0.3, -0.25) is 14.9 Å². The first kappa shape index (κ1) is 19.3. The van der Waals surface area contributed by atoms with Gasteiger partial charge in [-0.25, -0.2) is 4.98 Å². The van der Waals surface area contributed by atoms with Crippen LogP contribution in [0.1, 0.15) is 10.4 Å². The van der Waals surface area contributed by atoms with E-state index in [1.165, 1.54) is 12.1 Å². The molecule has 3 aromatic carbocycles. The molecule has 1 amide bonds. The number of amides is 1. The predicted octanol–water partition coefficient (Wildman–Crippen LogP) is 5.91. The van der Waals surface area contributed by atoms with E-state index in [9.17, 15) is 14.9 Å². The molecule has 0 aliphatic carbocycles. The van der Waals surface area contributed by atoms with E-state index in [1.54, 1.807) is 18.2 Å². The Kier molecular flexibility index (Phi) is 5.20. The van der Waals surface area contributed by atoms with Crippen molar-refractivity contribution in [2.75, 3.05) is 5.32 Å². The molecule has 1 aromatic heterocycles. The monoisotopic (exact) mass is 519 g/mol. The zero-order valence-electron chi connectivity index (χ0n) is 14.6. The molecule has 0 aliphatic heterocycles. The topological polar surface area (TPSA) is 98.3 Å². The molecule has 29 heavy (non-hydrogen) atoms. The van der Waals surface area contributed by atoms with Gasteiger partial charge in [0.05, 0.1) is 4.92 Å². The Balaban J connectivity index is 1.61. The van der Waals surface area contributed by atoms with Gasteiger partial charge in [0.25, 0.3) is 11.6 Å². The number of carbonyl (C=O) groups is 1. The van der Waals surface area contributed by atoms with Gasteiger partial charge in [-0.2, -0.15) is 0 Å². The standard InChI is InChI=1S/C20H11ClIN3O4/c21-15-6-4-11(9-17(15)25(27)28)19(26)23-14-5-7-18-16(10-14)24-20(29-18)12-2-1-3-13(22)8-12/h1-10H,(H,23,26). The van der Waals surface area contributed by atoms with E-state index in [4.69, 9.17) is 16.0 Å². The van der Waals surface area contributed by atoms with E-state index in [-0.39, 0.29) is 16.3 Å². The molecular weight excluding hydrogens is 509 g/mol. The largest absolute Gasteiger partial charge is 0.436 e. The van der Waals surface area contributed by atoms with Gasteiger partial charge in [0.1, 0.15) is 10.5 Å². The molecule has 144 valence electrons. The van der Waals surface area contributed by atoms with Crippen LogP contribution in [0.5, 0.6) is 0 Å². The normalized spacial score (nSPS) is 10.8. The Morgan fingerprint density at radius 1 is 1.14 bits per heavy atom. The van der Waals surface area contributed by atoms with Crippen molar-refractivity contribution in [3.05, 3.63) is 84.9 Å². The van der Waals surface area contributed by atoms with Crippen molar-refractivity contribution in [3.8, 4) is 11.5 Å². The van der Waals surface area contributed by atoms with Crippen LogP contribution in [0.15, 0.2) is 65.1 Å². The Morgan fingerprint density at radius 2 is 1.97 bits per heavy atom. The first-order valence-electron chi connectivity index (χ1n) is 8.32. The minimum atomic E-state index is -0.632. The van der Waals surface area contributed by atoms with Crippen molar-refractivity contribution in [1.82, 2.24) is 4.98 Å². The summed E-state index contributed by atoms with van der Waals surface area (Å²) in [6.07, 6.45) is 0. The highest BCUT2D eigenvalue weighted by atomic mass is 127. The second kappa shape index (κ2) is 7.80. The molecule has 4 rings (SSSR count). The molecular formula is C20H11ClIN3O4. The fraction of sp³-hybridized carbons (Fsp3) is 0. The fourth-order valence-corrected chi connectivity index (χ4v) is 3.48. The molecule has 0 bridgehead atoms. The highest BCUT2D eigenvalue weighted by Crippen LogP contribution is 2.28. The predicted molar refractivity (Wildman–Crippen MR) is 118 cm³/mol. The van der Waals surface area contributed by atoms with Crippen molar-refractivity contribution < 1.29 is 14.1 Å². The molecule has 0 aliphatic rings. The number of aromatic nitrogens is 1. The van der Waals surface area contributed by atoms with Crippen molar-refractivity contribution in [2.45, 2.75) is 0 Å². The van der Waals surface area contributed by atoms with Gasteiger partial charge < -0.3 is 9.73 Å². The molecule has 0 saturated carbocycles. The third-order valence-electron chi connectivity index (χ3n) is 4.12. The second-order valence-corrected chi connectivity index (χ2v) is 7.74. The third kappa shape index (κ3) is 4.08. The molecule has 0 unspecified atom stereocenters. The summed E-state index contributed by atoms with van der Waals surface area (Å²) in [5.41, 5.74) is 2.31. The summed E-state index contributed by atoms with van der Waals surface area (Å²) in [4.78, 5) is 27.3. The summed E-state index contributed by atoms with van der Waals surface area (Å²) >= 11 is 8.01. The number of fused-ring (bicyclic) bond motifs is 1. The van der Waals surface area contributed by atoms with Gasteiger partial charge >= 0.3 is 0 Å². The molecule has 0 spiro atoms. The maximum atomic E-state index is 12.5. The molecule has 0 atom stereocenters. The summed E-state index contributed by atoms with van der Waals surface area (Å²) in [5, 5.41) is 13.7. The van der Waals surface area contributed by atoms with Crippen molar-refractivity contribution in [1.29, 1.82) is 0 Å². The summed E-state index contributed by atoms with van der Waals surface area (Å²) in [7, 11) is 0. The van der Waals surface area contributed by atoms with E-state index >= 15 is 0 Å². The minimum Gasteiger partial charge on any atom is -0.436 e. The molecule has 0 radical (unpaired) electrons. The molecule has 7 nitrogen and oxygen atoms in total. The molecule has 9 heteroatoms. The first-order chi connectivity index (χ1) is 13.9. The zero-order valence-corrected chi connectivity index (χ0v) is 17.5. The lowest BCUT2D eigenvalue weighted by atomic mass is 10.2. The second-order valence-electron chi connectivity index (χ2n) is 6.09. The lowest BCUT2D eigenvalue weighted by Gasteiger charge is -2.05. The van der Waals surface area contributed by atoms with Crippen LogP contribution >= 0.6 is 34.2 Å². The van der Waals surface area contributed by atoms with E-state index in [2.05, 4.69) is 32.9 Å².